The number of benzene rings is 3. The minimum atomic E-state index is -3.85. The van der Waals surface area contributed by atoms with E-state index in [4.69, 9.17) is 11.6 Å². The number of likely N-dealkylation sites (N-methyl/N-ethyl adjacent to an activating group) is 1. The van der Waals surface area contributed by atoms with Crippen molar-refractivity contribution in [3.63, 3.8) is 0 Å². The van der Waals surface area contributed by atoms with Crippen LogP contribution in [0.2, 0.25) is 5.02 Å². The van der Waals surface area contributed by atoms with Gasteiger partial charge in [-0.25, -0.2) is 8.42 Å². The number of amides is 2. The van der Waals surface area contributed by atoms with Gasteiger partial charge in [-0.15, -0.1) is 0 Å². The van der Waals surface area contributed by atoms with Crippen LogP contribution >= 0.6 is 11.6 Å². The van der Waals surface area contributed by atoms with Gasteiger partial charge in [0.2, 0.25) is 21.8 Å². The van der Waals surface area contributed by atoms with E-state index >= 15 is 0 Å². The maximum absolute atomic E-state index is 14.0. The molecule has 0 heterocycles. The van der Waals surface area contributed by atoms with E-state index in [1.165, 1.54) is 4.90 Å². The summed E-state index contributed by atoms with van der Waals surface area (Å²) in [7, 11) is -3.85. The SMILES string of the molecule is CCNC(=O)C(Cc1ccccc1)N(Cc1cccc(C)c1)C(=O)CN(c1cccc(Cl)c1C)S(C)(=O)=O. The van der Waals surface area contributed by atoms with Crippen molar-refractivity contribution < 1.29 is 18.0 Å². The van der Waals surface area contributed by atoms with Gasteiger partial charge in [-0.3, -0.25) is 13.9 Å². The molecular formula is C29H34ClN3O4S. The number of hydrogen-bond donors (Lipinski definition) is 1. The van der Waals surface area contributed by atoms with Crippen molar-refractivity contribution in [3.05, 3.63) is 100 Å². The summed E-state index contributed by atoms with van der Waals surface area (Å²) in [6, 6.07) is 21.2. The maximum atomic E-state index is 14.0. The zero-order valence-corrected chi connectivity index (χ0v) is 23.7. The van der Waals surface area contributed by atoms with E-state index in [-0.39, 0.29) is 18.9 Å². The normalized spacial score (nSPS) is 12.0. The summed E-state index contributed by atoms with van der Waals surface area (Å²) in [4.78, 5) is 28.8. The largest absolute Gasteiger partial charge is 0.355 e. The molecule has 3 aromatic carbocycles. The molecular weight excluding hydrogens is 522 g/mol. The quantitative estimate of drug-likeness (QED) is 0.377. The lowest BCUT2D eigenvalue weighted by molar-refractivity contribution is -0.140. The van der Waals surface area contributed by atoms with Crippen LogP contribution in [0.3, 0.4) is 0 Å². The van der Waals surface area contributed by atoms with E-state index < -0.39 is 28.5 Å². The predicted molar refractivity (Wildman–Crippen MR) is 153 cm³/mol. The molecule has 1 atom stereocenters. The number of nitrogens with one attached hydrogen (secondary N) is 1. The number of sulfonamides is 1. The van der Waals surface area contributed by atoms with Crippen molar-refractivity contribution in [2.45, 2.75) is 39.8 Å². The summed E-state index contributed by atoms with van der Waals surface area (Å²) in [5, 5.41) is 3.24. The molecule has 0 radical (unpaired) electrons. The Morgan fingerprint density at radius 2 is 1.61 bits per heavy atom. The molecule has 7 nitrogen and oxygen atoms in total. The molecule has 0 saturated heterocycles. The molecule has 0 bridgehead atoms. The first-order valence-corrected chi connectivity index (χ1v) is 14.6. The molecule has 3 rings (SSSR count). The monoisotopic (exact) mass is 555 g/mol. The van der Waals surface area contributed by atoms with Crippen LogP contribution in [0.1, 0.15) is 29.2 Å². The highest BCUT2D eigenvalue weighted by Crippen LogP contribution is 2.28. The maximum Gasteiger partial charge on any atom is 0.244 e. The summed E-state index contributed by atoms with van der Waals surface area (Å²) < 4.78 is 26.8. The Balaban J connectivity index is 2.07. The third kappa shape index (κ3) is 7.58. The van der Waals surface area contributed by atoms with Crippen LogP contribution in [0, 0.1) is 13.8 Å². The molecule has 2 amide bonds. The average molecular weight is 556 g/mol. The van der Waals surface area contributed by atoms with Gasteiger partial charge in [0.25, 0.3) is 0 Å². The Morgan fingerprint density at radius 1 is 0.947 bits per heavy atom. The molecule has 0 aliphatic heterocycles. The molecule has 0 aromatic heterocycles. The zero-order valence-electron chi connectivity index (χ0n) is 22.1. The van der Waals surface area contributed by atoms with Crippen molar-refractivity contribution in [1.82, 2.24) is 10.2 Å². The van der Waals surface area contributed by atoms with Gasteiger partial charge in [-0.2, -0.15) is 0 Å². The van der Waals surface area contributed by atoms with Gasteiger partial charge in [0.05, 0.1) is 11.9 Å². The van der Waals surface area contributed by atoms with E-state index in [2.05, 4.69) is 5.32 Å². The third-order valence-corrected chi connectivity index (χ3v) is 7.78. The second-order valence-corrected chi connectivity index (χ2v) is 11.6. The fourth-order valence-corrected chi connectivity index (χ4v) is 5.38. The number of carbonyl (C=O) groups excluding carboxylic acids is 2. The molecule has 1 N–H and O–H groups in total. The van der Waals surface area contributed by atoms with Crippen LogP contribution in [0.4, 0.5) is 5.69 Å². The van der Waals surface area contributed by atoms with Crippen LogP contribution in [0.15, 0.2) is 72.8 Å². The highest BCUT2D eigenvalue weighted by Gasteiger charge is 2.33. The molecule has 0 fully saturated rings. The first-order valence-electron chi connectivity index (χ1n) is 12.4. The van der Waals surface area contributed by atoms with Crippen LogP contribution in [-0.2, 0) is 32.6 Å². The lowest BCUT2D eigenvalue weighted by Gasteiger charge is -2.33. The molecule has 0 aliphatic carbocycles. The van der Waals surface area contributed by atoms with Crippen molar-refractivity contribution in [2.75, 3.05) is 23.7 Å². The fraction of sp³-hybridized carbons (Fsp3) is 0.310. The second-order valence-electron chi connectivity index (χ2n) is 9.26. The Hall–Kier alpha value is -3.36. The third-order valence-electron chi connectivity index (χ3n) is 6.24. The summed E-state index contributed by atoms with van der Waals surface area (Å²) in [5.41, 5.74) is 3.60. The first-order chi connectivity index (χ1) is 18.0. The number of anilines is 1. The van der Waals surface area contributed by atoms with Gasteiger partial charge in [-0.05, 0) is 49.6 Å². The van der Waals surface area contributed by atoms with Crippen molar-refractivity contribution in [1.29, 1.82) is 0 Å². The highest BCUT2D eigenvalue weighted by atomic mass is 35.5. The molecule has 0 aliphatic rings. The smallest absolute Gasteiger partial charge is 0.244 e. The molecule has 1 unspecified atom stereocenters. The summed E-state index contributed by atoms with van der Waals surface area (Å²) in [6.07, 6.45) is 1.33. The molecule has 0 spiro atoms. The Labute approximate surface area is 230 Å². The molecule has 38 heavy (non-hydrogen) atoms. The minimum absolute atomic E-state index is 0.140. The predicted octanol–water partition coefficient (Wildman–Crippen LogP) is 4.50. The lowest BCUT2D eigenvalue weighted by Crippen LogP contribution is -2.53. The van der Waals surface area contributed by atoms with Gasteiger partial charge in [0, 0.05) is 24.5 Å². The fourth-order valence-electron chi connectivity index (χ4n) is 4.31. The topological polar surface area (TPSA) is 86.8 Å². The average Bonchev–Trinajstić information content (AvgIpc) is 2.86. The van der Waals surface area contributed by atoms with Crippen molar-refractivity contribution in [3.8, 4) is 0 Å². The molecule has 9 heteroatoms. The van der Waals surface area contributed by atoms with Crippen molar-refractivity contribution >= 4 is 39.1 Å². The van der Waals surface area contributed by atoms with Crippen LogP contribution in [0.5, 0.6) is 0 Å². The Morgan fingerprint density at radius 3 is 2.24 bits per heavy atom. The van der Waals surface area contributed by atoms with E-state index in [0.717, 1.165) is 27.3 Å². The molecule has 202 valence electrons. The van der Waals surface area contributed by atoms with E-state index in [1.807, 2.05) is 68.4 Å². The first kappa shape index (κ1) is 29.2. The number of halogens is 1. The van der Waals surface area contributed by atoms with E-state index in [9.17, 15) is 18.0 Å². The number of rotatable bonds is 11. The zero-order chi connectivity index (χ0) is 27.9. The van der Waals surface area contributed by atoms with Gasteiger partial charge in [-0.1, -0.05) is 77.8 Å². The van der Waals surface area contributed by atoms with E-state index in [1.54, 1.807) is 25.1 Å². The molecule has 3 aromatic rings. The van der Waals surface area contributed by atoms with Crippen LogP contribution < -0.4 is 9.62 Å². The van der Waals surface area contributed by atoms with Crippen LogP contribution in [0.25, 0.3) is 0 Å². The number of hydrogen-bond acceptors (Lipinski definition) is 4. The van der Waals surface area contributed by atoms with Gasteiger partial charge < -0.3 is 10.2 Å². The number of aryl methyl sites for hydroxylation is 1. The molecule has 0 saturated carbocycles. The lowest BCUT2D eigenvalue weighted by atomic mass is 10.0. The number of carbonyl (C=O) groups is 2. The van der Waals surface area contributed by atoms with Crippen molar-refractivity contribution in [2.24, 2.45) is 0 Å². The minimum Gasteiger partial charge on any atom is -0.355 e. The van der Waals surface area contributed by atoms with E-state index in [0.29, 0.717) is 22.8 Å². The van der Waals surface area contributed by atoms with Gasteiger partial charge >= 0.3 is 0 Å². The Bertz CT molecular complexity index is 1380. The highest BCUT2D eigenvalue weighted by molar-refractivity contribution is 7.92. The standard InChI is InChI=1S/C29H34ClN3O4S/c1-5-31-29(35)27(18-23-12-7-6-8-13-23)32(19-24-14-9-11-21(2)17-24)28(34)20-33(38(4,36)37)26-16-10-15-25(30)22(26)3/h6-17,27H,5,18-20H2,1-4H3,(H,31,35). The summed E-state index contributed by atoms with van der Waals surface area (Å²) in [6.45, 7) is 5.54. The van der Waals surface area contributed by atoms with Gasteiger partial charge in [0.15, 0.2) is 0 Å². The summed E-state index contributed by atoms with van der Waals surface area (Å²) >= 11 is 6.28. The second kappa shape index (κ2) is 12.9. The van der Waals surface area contributed by atoms with Gasteiger partial charge in [0.1, 0.15) is 12.6 Å². The number of nitrogens with zero attached hydrogens (tertiary/aromatic N) is 2. The summed E-state index contributed by atoms with van der Waals surface area (Å²) in [5.74, 6) is -0.800. The van der Waals surface area contributed by atoms with Crippen LogP contribution in [-0.4, -0.2) is 50.5 Å². The Kier molecular flexibility index (Phi) is 9.94.